The molecule has 0 radical (unpaired) electrons. The molecule has 0 aromatic heterocycles. The zero-order valence-corrected chi connectivity index (χ0v) is 17.4. The van der Waals surface area contributed by atoms with Crippen LogP contribution in [-0.2, 0) is 9.53 Å². The highest BCUT2D eigenvalue weighted by Crippen LogP contribution is 2.23. The molecule has 2 aliphatic rings. The summed E-state index contributed by atoms with van der Waals surface area (Å²) in [6.45, 7) is 3.56. The average molecular weight is 407 g/mol. The molecule has 5 heteroatoms. The fourth-order valence-electron chi connectivity index (χ4n) is 4.42. The van der Waals surface area contributed by atoms with Crippen molar-refractivity contribution in [2.24, 2.45) is 11.8 Å². The van der Waals surface area contributed by atoms with Gasteiger partial charge in [-0.05, 0) is 54.9 Å². The van der Waals surface area contributed by atoms with Crippen LogP contribution in [0.25, 0.3) is 11.1 Å². The Morgan fingerprint density at radius 3 is 2.37 bits per heavy atom. The quantitative estimate of drug-likeness (QED) is 0.823. The van der Waals surface area contributed by atoms with Crippen LogP contribution >= 0.6 is 0 Å². The molecule has 2 saturated heterocycles. The number of hydrogen-bond acceptors (Lipinski definition) is 3. The third-order valence-corrected chi connectivity index (χ3v) is 6.21. The summed E-state index contributed by atoms with van der Waals surface area (Å²) in [7, 11) is 0. The molecule has 2 aromatic carbocycles. The Morgan fingerprint density at radius 2 is 1.63 bits per heavy atom. The van der Waals surface area contributed by atoms with E-state index in [0.29, 0.717) is 31.2 Å². The first-order chi connectivity index (χ1) is 14.7. The number of nitrogens with zero attached hydrogens (tertiary/aromatic N) is 1. The van der Waals surface area contributed by atoms with E-state index in [1.807, 2.05) is 47.4 Å². The number of carbonyl (C=O) groups excluding carboxylic acids is 2. The number of amides is 2. The number of likely N-dealkylation sites (tertiary alicyclic amines) is 1. The molecule has 0 unspecified atom stereocenters. The third kappa shape index (κ3) is 5.08. The molecule has 30 heavy (non-hydrogen) atoms. The molecular formula is C25H30N2O3. The molecule has 5 nitrogen and oxygen atoms in total. The molecule has 2 aliphatic heterocycles. The topological polar surface area (TPSA) is 58.6 Å². The molecule has 4 rings (SSSR count). The minimum absolute atomic E-state index is 0.0532. The number of ether oxygens (including phenoxy) is 1. The van der Waals surface area contributed by atoms with Crippen LogP contribution in [0.5, 0.6) is 0 Å². The summed E-state index contributed by atoms with van der Waals surface area (Å²) in [5.41, 5.74) is 2.91. The van der Waals surface area contributed by atoms with Crippen LogP contribution in [-0.4, -0.2) is 49.6 Å². The van der Waals surface area contributed by atoms with Gasteiger partial charge in [-0.1, -0.05) is 42.5 Å². The van der Waals surface area contributed by atoms with Gasteiger partial charge in [-0.2, -0.15) is 0 Å². The predicted octanol–water partition coefficient (Wildman–Crippen LogP) is 3.75. The molecule has 2 aromatic rings. The number of piperidine rings is 1. The lowest BCUT2D eigenvalue weighted by Gasteiger charge is -2.36. The largest absolute Gasteiger partial charge is 0.381 e. The van der Waals surface area contributed by atoms with Crippen LogP contribution in [0.4, 0.5) is 0 Å². The number of hydrogen-bond donors (Lipinski definition) is 1. The maximum atomic E-state index is 12.8. The predicted molar refractivity (Wildman–Crippen MR) is 117 cm³/mol. The van der Waals surface area contributed by atoms with Crippen molar-refractivity contribution in [3.05, 3.63) is 60.2 Å². The Morgan fingerprint density at radius 1 is 0.933 bits per heavy atom. The molecule has 1 atom stereocenters. The summed E-state index contributed by atoms with van der Waals surface area (Å²) in [5.74, 6) is 0.638. The van der Waals surface area contributed by atoms with Gasteiger partial charge in [-0.3, -0.25) is 9.59 Å². The highest BCUT2D eigenvalue weighted by atomic mass is 16.5. The summed E-state index contributed by atoms with van der Waals surface area (Å²) >= 11 is 0. The van der Waals surface area contributed by atoms with Gasteiger partial charge in [0.25, 0.3) is 5.91 Å². The number of nitrogens with one attached hydrogen (secondary N) is 1. The molecule has 0 aliphatic carbocycles. The number of rotatable bonds is 5. The maximum Gasteiger partial charge on any atom is 0.251 e. The van der Waals surface area contributed by atoms with Gasteiger partial charge in [0.05, 0.1) is 0 Å². The Hall–Kier alpha value is -2.66. The van der Waals surface area contributed by atoms with Crippen LogP contribution in [0.3, 0.4) is 0 Å². The zero-order chi connectivity index (χ0) is 20.8. The first-order valence-corrected chi connectivity index (χ1v) is 11.0. The van der Waals surface area contributed by atoms with E-state index in [1.165, 1.54) is 0 Å². The SMILES string of the molecule is O=C(NC[C@H]1CCCN(C(=O)C2CCOCC2)C1)c1ccc(-c2ccccc2)cc1. The van der Waals surface area contributed by atoms with E-state index in [-0.39, 0.29) is 17.7 Å². The zero-order valence-electron chi connectivity index (χ0n) is 17.4. The lowest BCUT2D eigenvalue weighted by atomic mass is 9.93. The van der Waals surface area contributed by atoms with E-state index in [9.17, 15) is 9.59 Å². The summed E-state index contributed by atoms with van der Waals surface area (Å²) in [6.07, 6.45) is 3.71. The molecule has 2 fully saturated rings. The first-order valence-electron chi connectivity index (χ1n) is 11.0. The van der Waals surface area contributed by atoms with Gasteiger partial charge in [0.2, 0.25) is 5.91 Å². The van der Waals surface area contributed by atoms with E-state index < -0.39 is 0 Å². The van der Waals surface area contributed by atoms with Crippen LogP contribution < -0.4 is 5.32 Å². The van der Waals surface area contributed by atoms with Crippen molar-refractivity contribution in [2.75, 3.05) is 32.8 Å². The highest BCUT2D eigenvalue weighted by Gasteiger charge is 2.30. The molecule has 0 spiro atoms. The molecule has 2 amide bonds. The molecule has 0 saturated carbocycles. The lowest BCUT2D eigenvalue weighted by Crippen LogP contribution is -2.46. The molecule has 0 bridgehead atoms. The fourth-order valence-corrected chi connectivity index (χ4v) is 4.42. The van der Waals surface area contributed by atoms with Crippen molar-refractivity contribution in [1.29, 1.82) is 0 Å². The fraction of sp³-hybridized carbons (Fsp3) is 0.440. The van der Waals surface area contributed by atoms with Crippen LogP contribution in [0, 0.1) is 11.8 Å². The Balaban J connectivity index is 1.28. The van der Waals surface area contributed by atoms with Gasteiger partial charge in [0.15, 0.2) is 0 Å². The average Bonchev–Trinajstić information content (AvgIpc) is 2.83. The van der Waals surface area contributed by atoms with Gasteiger partial charge >= 0.3 is 0 Å². The van der Waals surface area contributed by atoms with Gasteiger partial charge in [0, 0.05) is 44.3 Å². The monoisotopic (exact) mass is 406 g/mol. The minimum Gasteiger partial charge on any atom is -0.381 e. The second kappa shape index (κ2) is 9.90. The minimum atomic E-state index is -0.0532. The second-order valence-corrected chi connectivity index (χ2v) is 8.33. The smallest absolute Gasteiger partial charge is 0.251 e. The standard InChI is InChI=1S/C25H30N2O3/c28-24(22-10-8-21(9-11-22)20-6-2-1-3-7-20)26-17-19-5-4-14-27(18-19)25(29)23-12-15-30-16-13-23/h1-3,6-11,19,23H,4-5,12-18H2,(H,26,28)/t19-/m1/s1. The van der Waals surface area contributed by atoms with E-state index in [1.54, 1.807) is 0 Å². The van der Waals surface area contributed by atoms with Crippen LogP contribution in [0.15, 0.2) is 54.6 Å². The molecule has 2 heterocycles. The summed E-state index contributed by atoms with van der Waals surface area (Å²) < 4.78 is 5.38. The van der Waals surface area contributed by atoms with Crippen molar-refractivity contribution < 1.29 is 14.3 Å². The molecule has 158 valence electrons. The van der Waals surface area contributed by atoms with Gasteiger partial charge < -0.3 is 15.0 Å². The van der Waals surface area contributed by atoms with Crippen molar-refractivity contribution in [1.82, 2.24) is 10.2 Å². The van der Waals surface area contributed by atoms with Crippen molar-refractivity contribution in [2.45, 2.75) is 25.7 Å². The Kier molecular flexibility index (Phi) is 6.80. The van der Waals surface area contributed by atoms with Crippen molar-refractivity contribution >= 4 is 11.8 Å². The normalized spacial score (nSPS) is 20.0. The summed E-state index contributed by atoms with van der Waals surface area (Å²) in [6, 6.07) is 17.9. The van der Waals surface area contributed by atoms with E-state index >= 15 is 0 Å². The van der Waals surface area contributed by atoms with Crippen LogP contribution in [0.2, 0.25) is 0 Å². The van der Waals surface area contributed by atoms with Gasteiger partial charge in [-0.25, -0.2) is 0 Å². The molecule has 1 N–H and O–H groups in total. The summed E-state index contributed by atoms with van der Waals surface area (Å²) in [5, 5.41) is 3.07. The maximum absolute atomic E-state index is 12.8. The lowest BCUT2D eigenvalue weighted by molar-refractivity contribution is -0.140. The number of carbonyl (C=O) groups is 2. The van der Waals surface area contributed by atoms with Crippen molar-refractivity contribution in [3.8, 4) is 11.1 Å². The highest BCUT2D eigenvalue weighted by molar-refractivity contribution is 5.94. The van der Waals surface area contributed by atoms with E-state index in [4.69, 9.17) is 4.74 Å². The second-order valence-electron chi connectivity index (χ2n) is 8.33. The first kappa shape index (κ1) is 20.6. The molecular weight excluding hydrogens is 376 g/mol. The number of benzene rings is 2. The van der Waals surface area contributed by atoms with Crippen molar-refractivity contribution in [3.63, 3.8) is 0 Å². The van der Waals surface area contributed by atoms with Gasteiger partial charge in [0.1, 0.15) is 0 Å². The summed E-state index contributed by atoms with van der Waals surface area (Å²) in [4.78, 5) is 27.4. The Bertz CT molecular complexity index is 844. The van der Waals surface area contributed by atoms with E-state index in [2.05, 4.69) is 17.4 Å². The van der Waals surface area contributed by atoms with E-state index in [0.717, 1.165) is 49.9 Å². The third-order valence-electron chi connectivity index (χ3n) is 6.21. The Labute approximate surface area is 178 Å². The van der Waals surface area contributed by atoms with Crippen LogP contribution in [0.1, 0.15) is 36.0 Å². The van der Waals surface area contributed by atoms with Gasteiger partial charge in [-0.15, -0.1) is 0 Å².